The van der Waals surface area contributed by atoms with Crippen LogP contribution in [-0.4, -0.2) is 28.4 Å². The number of rotatable bonds is 9. The Kier molecular flexibility index (Phi) is 13.2. The number of H-pyrrole nitrogens is 1. The van der Waals surface area contributed by atoms with Crippen molar-refractivity contribution in [3.05, 3.63) is 137 Å². The number of nitrogens with zero attached hydrogens (tertiary/aromatic N) is 2. The lowest BCUT2D eigenvalue weighted by molar-refractivity contribution is 0.203. The fraction of sp³-hybridized carbons (Fsp3) is 0.256. The third kappa shape index (κ3) is 9.03. The maximum Gasteiger partial charge on any atom is 0.0927 e. The van der Waals surface area contributed by atoms with Crippen LogP contribution in [-0.2, 0) is 6.42 Å². The van der Waals surface area contributed by atoms with Crippen LogP contribution >= 0.6 is 0 Å². The summed E-state index contributed by atoms with van der Waals surface area (Å²) in [5, 5.41) is 9.68. The summed E-state index contributed by atoms with van der Waals surface area (Å²) in [5.41, 5.74) is 22.8. The molecule has 4 N–H and O–H groups in total. The molecule has 1 aromatic heterocycles. The van der Waals surface area contributed by atoms with E-state index in [-0.39, 0.29) is 6.17 Å². The molecule has 5 heteroatoms. The van der Waals surface area contributed by atoms with Crippen molar-refractivity contribution < 1.29 is 0 Å². The fourth-order valence-electron chi connectivity index (χ4n) is 4.90. The Morgan fingerprint density at radius 1 is 0.795 bits per heavy atom. The van der Waals surface area contributed by atoms with Gasteiger partial charge in [-0.3, -0.25) is 5.10 Å². The molecule has 4 aromatic carbocycles. The molecule has 0 aliphatic heterocycles. The Morgan fingerprint density at radius 2 is 1.39 bits per heavy atom. The first kappa shape index (κ1) is 34.0. The summed E-state index contributed by atoms with van der Waals surface area (Å²) in [5.74, 6) is 0. The average molecular weight is 588 g/mol. The fourth-order valence-corrected chi connectivity index (χ4v) is 4.90. The molecule has 1 unspecified atom stereocenters. The largest absolute Gasteiger partial charge is 0.317 e. The van der Waals surface area contributed by atoms with E-state index in [9.17, 15) is 0 Å². The molecule has 0 saturated heterocycles. The van der Waals surface area contributed by atoms with Gasteiger partial charge in [0.15, 0.2) is 0 Å². The number of aromatic amines is 1. The minimum atomic E-state index is -0.264. The smallest absolute Gasteiger partial charge is 0.0927 e. The van der Waals surface area contributed by atoms with E-state index in [1.54, 1.807) is 0 Å². The van der Waals surface area contributed by atoms with E-state index in [0.29, 0.717) is 6.42 Å². The van der Waals surface area contributed by atoms with Gasteiger partial charge in [0.25, 0.3) is 0 Å². The van der Waals surface area contributed by atoms with Gasteiger partial charge in [0.05, 0.1) is 23.3 Å². The normalized spacial score (nSPS) is 11.6. The zero-order valence-corrected chi connectivity index (χ0v) is 27.6. The summed E-state index contributed by atoms with van der Waals surface area (Å²) in [6.45, 7) is 14.5. The first-order chi connectivity index (χ1) is 21.4. The van der Waals surface area contributed by atoms with Gasteiger partial charge >= 0.3 is 0 Å². The monoisotopic (exact) mass is 587 g/mol. The number of hydrogen-bond acceptors (Lipinski definition) is 4. The number of hydrogen-bond donors (Lipinski definition) is 3. The van der Waals surface area contributed by atoms with Crippen molar-refractivity contribution in [2.24, 2.45) is 5.73 Å². The molecule has 0 aliphatic rings. The Bertz CT molecular complexity index is 1600. The summed E-state index contributed by atoms with van der Waals surface area (Å²) in [6, 6.07) is 35.8. The molecule has 0 fully saturated rings. The van der Waals surface area contributed by atoms with E-state index in [0.717, 1.165) is 28.2 Å². The first-order valence-corrected chi connectivity index (χ1v) is 15.7. The Labute approximate surface area is 264 Å². The van der Waals surface area contributed by atoms with E-state index in [1.165, 1.54) is 33.4 Å². The predicted molar refractivity (Wildman–Crippen MR) is 190 cm³/mol. The van der Waals surface area contributed by atoms with Gasteiger partial charge in [-0.25, -0.2) is 5.01 Å². The van der Waals surface area contributed by atoms with Crippen LogP contribution < -0.4 is 11.2 Å². The lowest BCUT2D eigenvalue weighted by Gasteiger charge is -2.28. The van der Waals surface area contributed by atoms with Crippen molar-refractivity contribution >= 4 is 11.8 Å². The quantitative estimate of drug-likeness (QED) is 0.119. The zero-order valence-electron chi connectivity index (χ0n) is 27.6. The van der Waals surface area contributed by atoms with Crippen LogP contribution in [0, 0.1) is 20.8 Å². The maximum absolute atomic E-state index is 6.82. The van der Waals surface area contributed by atoms with Crippen molar-refractivity contribution in [2.45, 2.75) is 61.1 Å². The molecule has 0 saturated carbocycles. The third-order valence-corrected chi connectivity index (χ3v) is 7.22. The molecular formula is C39H49N5. The van der Waals surface area contributed by atoms with Gasteiger partial charge in [-0.05, 0) is 60.7 Å². The molecule has 1 heterocycles. The van der Waals surface area contributed by atoms with Crippen LogP contribution in [0.15, 0.2) is 103 Å². The van der Waals surface area contributed by atoms with Crippen molar-refractivity contribution in [2.75, 3.05) is 7.05 Å². The van der Waals surface area contributed by atoms with Crippen LogP contribution in [0.3, 0.4) is 0 Å². The third-order valence-electron chi connectivity index (χ3n) is 7.22. The molecule has 0 bridgehead atoms. The van der Waals surface area contributed by atoms with Gasteiger partial charge in [-0.15, -0.1) is 0 Å². The number of likely N-dealkylation sites (N-methyl/N-ethyl adjacent to an activating group) is 1. The van der Waals surface area contributed by atoms with Crippen LogP contribution in [0.4, 0.5) is 0 Å². The van der Waals surface area contributed by atoms with Crippen LogP contribution in [0.1, 0.15) is 61.2 Å². The number of aryl methyl sites for hydroxylation is 3. The molecule has 5 aromatic rings. The number of benzene rings is 4. The lowest BCUT2D eigenvalue weighted by atomic mass is 9.91. The second-order valence-corrected chi connectivity index (χ2v) is 10.5. The molecule has 0 radical (unpaired) electrons. The predicted octanol–water partition coefficient (Wildman–Crippen LogP) is 9.18. The maximum atomic E-state index is 6.82. The number of aromatic nitrogens is 2. The highest BCUT2D eigenvalue weighted by atomic mass is 15.5. The molecular weight excluding hydrogens is 538 g/mol. The van der Waals surface area contributed by atoms with E-state index in [4.69, 9.17) is 5.73 Å². The zero-order chi connectivity index (χ0) is 32.1. The molecule has 1 atom stereocenters. The van der Waals surface area contributed by atoms with Crippen LogP contribution in [0.2, 0.25) is 0 Å². The van der Waals surface area contributed by atoms with Crippen molar-refractivity contribution in [3.8, 4) is 22.4 Å². The van der Waals surface area contributed by atoms with Gasteiger partial charge < -0.3 is 11.2 Å². The van der Waals surface area contributed by atoms with Crippen LogP contribution in [0.5, 0.6) is 0 Å². The average Bonchev–Trinajstić information content (AvgIpc) is 3.54. The molecule has 5 rings (SSSR count). The van der Waals surface area contributed by atoms with Gasteiger partial charge in [0.2, 0.25) is 0 Å². The summed E-state index contributed by atoms with van der Waals surface area (Å²) >= 11 is 0. The van der Waals surface area contributed by atoms with Gasteiger partial charge in [0, 0.05) is 19.0 Å². The Balaban J connectivity index is 0.00000127. The molecule has 230 valence electrons. The van der Waals surface area contributed by atoms with Gasteiger partial charge in [0.1, 0.15) is 0 Å². The van der Waals surface area contributed by atoms with Crippen molar-refractivity contribution in [3.63, 3.8) is 0 Å². The second kappa shape index (κ2) is 17.0. The van der Waals surface area contributed by atoms with Crippen LogP contribution in [0.25, 0.3) is 34.2 Å². The molecule has 5 nitrogen and oxygen atoms in total. The first-order valence-electron chi connectivity index (χ1n) is 15.7. The Hall–Kier alpha value is -4.45. The highest BCUT2D eigenvalue weighted by molar-refractivity contribution is 5.80. The highest BCUT2D eigenvalue weighted by Crippen LogP contribution is 2.30. The summed E-state index contributed by atoms with van der Waals surface area (Å²) in [7, 11) is 2.00. The SMILES string of the molecule is CC.CC.Cc1ccc(C)c(-c2cc(C)ccc2CC(N)N(C)N/C(=C\c2cc(-c3ccccc3)n[nH]2)c2ccccc2)c1. The number of nitrogens with two attached hydrogens (primary N) is 1. The standard InChI is InChI=1S/C35H37N5.2C2H6/c1-24-15-17-26(3)31(19-24)32-20-25(2)16-18-29(32)21-35(36)40(4)39-34(28-13-9-6-10-14-28)23-30-22-33(38-37-30)27-11-7-5-8-12-27;2*1-2/h5-20,22-23,35,39H,21,36H2,1-4H3,(H,37,38);2*1-2H3/b34-23-;;. The van der Waals surface area contributed by atoms with E-state index >= 15 is 0 Å². The molecule has 0 spiro atoms. The number of nitrogens with one attached hydrogen (secondary N) is 2. The van der Waals surface area contributed by atoms with E-state index < -0.39 is 0 Å². The second-order valence-electron chi connectivity index (χ2n) is 10.5. The lowest BCUT2D eigenvalue weighted by Crippen LogP contribution is -2.48. The number of hydrazine groups is 1. The topological polar surface area (TPSA) is 70.0 Å². The van der Waals surface area contributed by atoms with Gasteiger partial charge in [-0.1, -0.05) is 136 Å². The molecule has 44 heavy (non-hydrogen) atoms. The minimum absolute atomic E-state index is 0.264. The molecule has 0 aliphatic carbocycles. The highest BCUT2D eigenvalue weighted by Gasteiger charge is 2.17. The summed E-state index contributed by atoms with van der Waals surface area (Å²) in [6.07, 6.45) is 2.50. The summed E-state index contributed by atoms with van der Waals surface area (Å²) in [4.78, 5) is 0. The van der Waals surface area contributed by atoms with E-state index in [2.05, 4.69) is 109 Å². The Morgan fingerprint density at radius 3 is 2.05 bits per heavy atom. The van der Waals surface area contributed by atoms with Gasteiger partial charge in [-0.2, -0.15) is 5.10 Å². The van der Waals surface area contributed by atoms with Crippen molar-refractivity contribution in [1.29, 1.82) is 0 Å². The van der Waals surface area contributed by atoms with E-state index in [1.807, 2.05) is 76.1 Å². The summed E-state index contributed by atoms with van der Waals surface area (Å²) < 4.78 is 0. The van der Waals surface area contributed by atoms with Crippen molar-refractivity contribution in [1.82, 2.24) is 20.6 Å². The molecule has 0 amide bonds. The minimum Gasteiger partial charge on any atom is -0.317 e.